The first-order chi connectivity index (χ1) is 12.3. The largest absolute Gasteiger partial charge is 0.355 e. The number of amides is 1. The number of hydrogen-bond donors (Lipinski definition) is 1. The lowest BCUT2D eigenvalue weighted by Crippen LogP contribution is -2.11. The molecule has 0 aliphatic rings. The third kappa shape index (κ3) is 3.29. The van der Waals surface area contributed by atoms with Crippen LogP contribution in [0.15, 0.2) is 64.9 Å². The van der Waals surface area contributed by atoms with Crippen LogP contribution in [0, 0.1) is 0 Å². The Bertz CT molecular complexity index is 998. The molecule has 7 nitrogen and oxygen atoms in total. The molecule has 122 valence electrons. The Labute approximate surface area is 146 Å². The Morgan fingerprint density at radius 3 is 2.88 bits per heavy atom. The first kappa shape index (κ1) is 15.2. The molecule has 4 aromatic heterocycles. The van der Waals surface area contributed by atoms with Gasteiger partial charge in [0.15, 0.2) is 16.6 Å². The maximum atomic E-state index is 12.3. The van der Waals surface area contributed by atoms with Gasteiger partial charge in [0.25, 0.3) is 5.91 Å². The minimum atomic E-state index is -0.388. The van der Waals surface area contributed by atoms with Crippen molar-refractivity contribution in [1.29, 1.82) is 0 Å². The fourth-order valence-corrected chi connectivity index (χ4v) is 2.85. The van der Waals surface area contributed by atoms with E-state index in [1.54, 1.807) is 30.7 Å². The lowest BCUT2D eigenvalue weighted by atomic mass is 10.2. The summed E-state index contributed by atoms with van der Waals surface area (Å²) in [5.74, 6) is 0.0902. The Kier molecular flexibility index (Phi) is 4.01. The fraction of sp³-hybridized carbons (Fsp3) is 0. The number of pyridine rings is 2. The molecular formula is C17H11N5O2S. The van der Waals surface area contributed by atoms with Crippen molar-refractivity contribution in [3.05, 3.63) is 66.1 Å². The van der Waals surface area contributed by atoms with Crippen molar-refractivity contribution in [3.8, 4) is 22.7 Å². The topological polar surface area (TPSA) is 93.8 Å². The molecule has 4 aromatic rings. The number of hydrogen-bond acceptors (Lipinski definition) is 7. The van der Waals surface area contributed by atoms with E-state index in [1.807, 2.05) is 29.6 Å². The molecule has 25 heavy (non-hydrogen) atoms. The summed E-state index contributed by atoms with van der Waals surface area (Å²) < 4.78 is 5.21. The van der Waals surface area contributed by atoms with Crippen LogP contribution in [0.1, 0.15) is 10.5 Å². The standard InChI is InChI=1S/C17H11N5O2S/c23-16(13-8-15(24-22-13)11-4-3-6-18-9-11)21-17-20-14(10-25-17)12-5-1-2-7-19-12/h1-10H,(H,20,21,23). The molecule has 0 unspecified atom stereocenters. The number of aromatic nitrogens is 4. The van der Waals surface area contributed by atoms with Crippen LogP contribution in [0.4, 0.5) is 5.13 Å². The van der Waals surface area contributed by atoms with Crippen molar-refractivity contribution in [2.24, 2.45) is 0 Å². The van der Waals surface area contributed by atoms with Crippen molar-refractivity contribution < 1.29 is 9.32 Å². The molecule has 0 radical (unpaired) electrons. The summed E-state index contributed by atoms with van der Waals surface area (Å²) >= 11 is 1.32. The summed E-state index contributed by atoms with van der Waals surface area (Å²) in [4.78, 5) is 24.9. The number of rotatable bonds is 4. The van der Waals surface area contributed by atoms with Gasteiger partial charge in [-0.15, -0.1) is 11.3 Å². The molecule has 0 saturated carbocycles. The minimum Gasteiger partial charge on any atom is -0.355 e. The third-order valence-electron chi connectivity index (χ3n) is 3.34. The van der Waals surface area contributed by atoms with Crippen LogP contribution >= 0.6 is 11.3 Å². The van der Waals surface area contributed by atoms with Crippen LogP contribution in [-0.4, -0.2) is 26.0 Å². The molecule has 0 aromatic carbocycles. The van der Waals surface area contributed by atoms with E-state index in [1.165, 1.54) is 11.3 Å². The van der Waals surface area contributed by atoms with Gasteiger partial charge in [-0.1, -0.05) is 11.2 Å². The molecule has 0 atom stereocenters. The third-order valence-corrected chi connectivity index (χ3v) is 4.10. The lowest BCUT2D eigenvalue weighted by molar-refractivity contribution is 0.101. The number of nitrogens with one attached hydrogen (secondary N) is 1. The van der Waals surface area contributed by atoms with E-state index in [-0.39, 0.29) is 11.6 Å². The Morgan fingerprint density at radius 2 is 2.08 bits per heavy atom. The van der Waals surface area contributed by atoms with Crippen molar-refractivity contribution >= 4 is 22.4 Å². The molecule has 0 saturated heterocycles. The molecule has 8 heteroatoms. The molecular weight excluding hydrogens is 338 g/mol. The number of nitrogens with zero attached hydrogens (tertiary/aromatic N) is 4. The predicted molar refractivity (Wildman–Crippen MR) is 93.0 cm³/mol. The van der Waals surface area contributed by atoms with Crippen LogP contribution in [0.2, 0.25) is 0 Å². The average Bonchev–Trinajstić information content (AvgIpc) is 3.33. The first-order valence-corrected chi connectivity index (χ1v) is 8.23. The quantitative estimate of drug-likeness (QED) is 0.606. The second-order valence-electron chi connectivity index (χ2n) is 5.03. The summed E-state index contributed by atoms with van der Waals surface area (Å²) in [6.45, 7) is 0. The zero-order valence-electron chi connectivity index (χ0n) is 12.8. The Balaban J connectivity index is 1.50. The minimum absolute atomic E-state index is 0.174. The van der Waals surface area contributed by atoms with Gasteiger partial charge in [0, 0.05) is 35.6 Å². The number of anilines is 1. The van der Waals surface area contributed by atoms with Gasteiger partial charge in [-0.05, 0) is 24.3 Å². The monoisotopic (exact) mass is 349 g/mol. The SMILES string of the molecule is O=C(Nc1nc(-c2ccccn2)cs1)c1cc(-c2cccnc2)on1. The highest BCUT2D eigenvalue weighted by Crippen LogP contribution is 2.24. The Morgan fingerprint density at radius 1 is 1.12 bits per heavy atom. The molecule has 0 aliphatic heterocycles. The molecule has 0 bridgehead atoms. The van der Waals surface area contributed by atoms with Crippen LogP contribution in [0.5, 0.6) is 0 Å². The van der Waals surface area contributed by atoms with E-state index in [0.717, 1.165) is 11.3 Å². The van der Waals surface area contributed by atoms with Crippen LogP contribution in [0.25, 0.3) is 22.7 Å². The maximum Gasteiger partial charge on any atom is 0.279 e. The van der Waals surface area contributed by atoms with Crippen molar-refractivity contribution in [1.82, 2.24) is 20.1 Å². The summed E-state index contributed by atoms with van der Waals surface area (Å²) in [5, 5.41) is 8.82. The van der Waals surface area contributed by atoms with Crippen LogP contribution in [-0.2, 0) is 0 Å². The summed E-state index contributed by atoms with van der Waals surface area (Å²) in [6.07, 6.45) is 5.00. The second-order valence-corrected chi connectivity index (χ2v) is 5.88. The van der Waals surface area contributed by atoms with E-state index in [4.69, 9.17) is 4.52 Å². The highest BCUT2D eigenvalue weighted by molar-refractivity contribution is 7.14. The fourth-order valence-electron chi connectivity index (χ4n) is 2.15. The van der Waals surface area contributed by atoms with Crippen LogP contribution < -0.4 is 5.32 Å². The number of thiazole rings is 1. The van der Waals surface area contributed by atoms with E-state index < -0.39 is 0 Å². The second kappa shape index (κ2) is 6.62. The summed E-state index contributed by atoms with van der Waals surface area (Å²) in [6, 6.07) is 10.8. The van der Waals surface area contributed by atoms with Crippen molar-refractivity contribution in [2.75, 3.05) is 5.32 Å². The zero-order chi connectivity index (χ0) is 17.1. The maximum absolute atomic E-state index is 12.3. The number of carbonyl (C=O) groups is 1. The van der Waals surface area contributed by atoms with E-state index in [2.05, 4.69) is 25.4 Å². The molecule has 4 heterocycles. The molecule has 1 N–H and O–H groups in total. The van der Waals surface area contributed by atoms with Gasteiger partial charge in [0.1, 0.15) is 5.69 Å². The van der Waals surface area contributed by atoms with Gasteiger partial charge >= 0.3 is 0 Å². The molecule has 0 spiro atoms. The highest BCUT2D eigenvalue weighted by atomic mass is 32.1. The summed E-state index contributed by atoms with van der Waals surface area (Å²) in [7, 11) is 0. The molecule has 4 rings (SSSR count). The smallest absolute Gasteiger partial charge is 0.279 e. The van der Waals surface area contributed by atoms with E-state index >= 15 is 0 Å². The van der Waals surface area contributed by atoms with Gasteiger partial charge < -0.3 is 4.52 Å². The van der Waals surface area contributed by atoms with E-state index in [9.17, 15) is 4.79 Å². The highest BCUT2D eigenvalue weighted by Gasteiger charge is 2.16. The average molecular weight is 349 g/mol. The first-order valence-electron chi connectivity index (χ1n) is 7.35. The normalized spacial score (nSPS) is 10.6. The van der Waals surface area contributed by atoms with Gasteiger partial charge in [0.05, 0.1) is 5.69 Å². The number of carbonyl (C=O) groups excluding carboxylic acids is 1. The van der Waals surface area contributed by atoms with Crippen molar-refractivity contribution in [3.63, 3.8) is 0 Å². The van der Waals surface area contributed by atoms with E-state index in [0.29, 0.717) is 16.6 Å². The van der Waals surface area contributed by atoms with Crippen molar-refractivity contribution in [2.45, 2.75) is 0 Å². The predicted octanol–water partition coefficient (Wildman–Crippen LogP) is 3.51. The van der Waals surface area contributed by atoms with Gasteiger partial charge in [0.2, 0.25) is 0 Å². The molecule has 0 fully saturated rings. The molecule has 0 aliphatic carbocycles. The molecule has 1 amide bonds. The Hall–Kier alpha value is -3.39. The lowest BCUT2D eigenvalue weighted by Gasteiger charge is -1.97. The van der Waals surface area contributed by atoms with Gasteiger partial charge in [-0.3, -0.25) is 20.1 Å². The zero-order valence-corrected chi connectivity index (χ0v) is 13.6. The van der Waals surface area contributed by atoms with Gasteiger partial charge in [-0.25, -0.2) is 4.98 Å². The van der Waals surface area contributed by atoms with Gasteiger partial charge in [-0.2, -0.15) is 0 Å². The summed E-state index contributed by atoms with van der Waals surface area (Å²) in [5.41, 5.74) is 2.38. The van der Waals surface area contributed by atoms with Crippen LogP contribution in [0.3, 0.4) is 0 Å².